The molecule has 1 spiro atoms. The van der Waals surface area contributed by atoms with Gasteiger partial charge in [-0.15, -0.1) is 23.2 Å². The molecule has 7 nitrogen and oxygen atoms in total. The number of benzene rings is 2. The molecule has 0 amide bonds. The number of halogens is 2. The van der Waals surface area contributed by atoms with Crippen molar-refractivity contribution in [2.75, 3.05) is 0 Å². The Hall–Kier alpha value is -2.71. The van der Waals surface area contributed by atoms with Gasteiger partial charge in [-0.2, -0.15) is 0 Å². The summed E-state index contributed by atoms with van der Waals surface area (Å²) in [4.78, 5) is 12.7. The van der Waals surface area contributed by atoms with E-state index in [9.17, 15) is 15.0 Å². The predicted molar refractivity (Wildman–Crippen MR) is 106 cm³/mol. The Morgan fingerprint density at radius 2 is 1.69 bits per heavy atom. The first-order chi connectivity index (χ1) is 12.9. The molecule has 6 N–H and O–H groups in total. The predicted octanol–water partition coefficient (Wildman–Crippen LogP) is 2.47. The van der Waals surface area contributed by atoms with Gasteiger partial charge in [0, 0.05) is 28.8 Å². The number of esters is 1. The third kappa shape index (κ3) is 2.63. The number of alkyl halides is 2. The van der Waals surface area contributed by atoms with Crippen LogP contribution in [0.5, 0.6) is 11.5 Å². The molecule has 2 heterocycles. The van der Waals surface area contributed by atoms with E-state index in [1.807, 2.05) is 0 Å². The van der Waals surface area contributed by atoms with Crippen molar-refractivity contribution < 1.29 is 35.4 Å². The smallest absolute Gasteiger partial charge is 0.340 e. The summed E-state index contributed by atoms with van der Waals surface area (Å²) in [6, 6.07) is 11.6. The summed E-state index contributed by atoms with van der Waals surface area (Å²) >= 11 is 12.9. The minimum absolute atomic E-state index is 0. The van der Waals surface area contributed by atoms with E-state index in [4.69, 9.17) is 32.7 Å². The molecule has 152 valence electrons. The monoisotopic (exact) mass is 438 g/mol. The Labute approximate surface area is 175 Å². The highest BCUT2D eigenvalue weighted by atomic mass is 35.5. The molecular weight excluding hydrogens is 423 g/mol. The molecule has 29 heavy (non-hydrogen) atoms. The zero-order chi connectivity index (χ0) is 18.9. The minimum atomic E-state index is -1.35. The molecular formula is C20H16Cl2O7. The van der Waals surface area contributed by atoms with Gasteiger partial charge in [-0.25, -0.2) is 4.79 Å². The van der Waals surface area contributed by atoms with Gasteiger partial charge < -0.3 is 30.6 Å². The Morgan fingerprint density at radius 1 is 0.966 bits per heavy atom. The summed E-state index contributed by atoms with van der Waals surface area (Å²) < 4.78 is 11.8. The van der Waals surface area contributed by atoms with E-state index in [-0.39, 0.29) is 28.2 Å². The second-order valence-corrected chi connectivity index (χ2v) is 7.49. The number of carbonyl (C=O) groups excluding carboxylic acids is 1. The van der Waals surface area contributed by atoms with Crippen LogP contribution in [-0.2, 0) is 10.3 Å². The summed E-state index contributed by atoms with van der Waals surface area (Å²) in [6.07, 6.45) is 1.37. The van der Waals surface area contributed by atoms with E-state index in [0.717, 1.165) is 0 Å². The fourth-order valence-electron chi connectivity index (χ4n) is 3.94. The first-order valence-electron chi connectivity index (χ1n) is 8.21. The van der Waals surface area contributed by atoms with E-state index >= 15 is 0 Å². The molecule has 0 saturated heterocycles. The van der Waals surface area contributed by atoms with E-state index < -0.39 is 22.3 Å². The molecule has 0 aromatic heterocycles. The number of phenols is 1. The lowest BCUT2D eigenvalue weighted by molar-refractivity contribution is 0.0190. The number of phenolic OH excluding ortho intramolecular Hbond substituents is 1. The van der Waals surface area contributed by atoms with Crippen LogP contribution < -0.4 is 4.74 Å². The van der Waals surface area contributed by atoms with Crippen LogP contribution in [-0.4, -0.2) is 37.9 Å². The fourth-order valence-corrected chi connectivity index (χ4v) is 4.52. The van der Waals surface area contributed by atoms with Gasteiger partial charge in [0.2, 0.25) is 0 Å². The fraction of sp³-hybridized carbons (Fsp3) is 0.150. The molecule has 3 aliphatic rings. The number of fused-ring (bicyclic) bond motifs is 5. The molecule has 0 saturated carbocycles. The Kier molecular flexibility index (Phi) is 5.04. The molecule has 2 aromatic carbocycles. The lowest BCUT2D eigenvalue weighted by Crippen LogP contribution is -2.43. The number of carbonyl (C=O) groups is 1. The first-order valence-corrected chi connectivity index (χ1v) is 9.08. The standard InChI is InChI=1S/C20H12Cl2O5.2H2O/c21-17-13(24)8-15-16(18(17)22)20(12-6-5-9(23)7-14(12)26-15)11-4-2-1-3-10(11)19(25)27-20;;/h1-8,17-18,23-24H;2*1H2. The summed E-state index contributed by atoms with van der Waals surface area (Å²) in [5, 5.41) is 18.2. The quantitative estimate of drug-likeness (QED) is 0.480. The van der Waals surface area contributed by atoms with Crippen LogP contribution in [0.4, 0.5) is 0 Å². The Morgan fingerprint density at radius 3 is 2.45 bits per heavy atom. The minimum Gasteiger partial charge on any atom is -0.511 e. The topological polar surface area (TPSA) is 139 Å². The highest BCUT2D eigenvalue weighted by Gasteiger charge is 2.58. The van der Waals surface area contributed by atoms with Crippen molar-refractivity contribution in [1.29, 1.82) is 0 Å². The highest BCUT2D eigenvalue weighted by Crippen LogP contribution is 2.57. The normalized spacial score (nSPS) is 26.1. The number of rotatable bonds is 0. The van der Waals surface area contributed by atoms with Crippen molar-refractivity contribution in [3.05, 3.63) is 82.3 Å². The molecule has 2 aliphatic heterocycles. The molecule has 0 bridgehead atoms. The van der Waals surface area contributed by atoms with Crippen molar-refractivity contribution in [2.45, 2.75) is 16.4 Å². The van der Waals surface area contributed by atoms with Gasteiger partial charge in [-0.3, -0.25) is 0 Å². The van der Waals surface area contributed by atoms with Crippen molar-refractivity contribution in [3.63, 3.8) is 0 Å². The van der Waals surface area contributed by atoms with E-state index in [2.05, 4.69) is 0 Å². The maximum Gasteiger partial charge on any atom is 0.340 e. The van der Waals surface area contributed by atoms with Gasteiger partial charge in [0.25, 0.3) is 0 Å². The zero-order valence-electron chi connectivity index (χ0n) is 14.6. The number of aliphatic hydroxyl groups excluding tert-OH is 1. The maximum atomic E-state index is 12.7. The van der Waals surface area contributed by atoms with Crippen LogP contribution in [0.3, 0.4) is 0 Å². The molecule has 2 aromatic rings. The number of hydrogen-bond acceptors (Lipinski definition) is 5. The van der Waals surface area contributed by atoms with E-state index in [0.29, 0.717) is 28.0 Å². The van der Waals surface area contributed by atoms with Crippen molar-refractivity contribution in [3.8, 4) is 11.5 Å². The molecule has 5 rings (SSSR count). The third-order valence-corrected chi connectivity index (χ3v) is 6.15. The molecule has 3 atom stereocenters. The molecule has 0 radical (unpaired) electrons. The second-order valence-electron chi connectivity index (χ2n) is 6.55. The first kappa shape index (κ1) is 21.0. The van der Waals surface area contributed by atoms with Gasteiger partial charge in [0.1, 0.15) is 28.4 Å². The van der Waals surface area contributed by atoms with Crippen molar-refractivity contribution in [1.82, 2.24) is 0 Å². The third-order valence-electron chi connectivity index (χ3n) is 5.08. The highest BCUT2D eigenvalue weighted by molar-refractivity contribution is 6.33. The summed E-state index contributed by atoms with van der Waals surface area (Å²) in [6.45, 7) is 0. The van der Waals surface area contributed by atoms with Gasteiger partial charge in [-0.1, -0.05) is 18.2 Å². The summed E-state index contributed by atoms with van der Waals surface area (Å²) in [5.41, 5.74) is 0.655. The van der Waals surface area contributed by atoms with Gasteiger partial charge >= 0.3 is 5.97 Å². The SMILES string of the molecule is O.O.O=C1OC2(C3=C(C=C(O)C(Cl)C3Cl)Oc3cc(O)ccc32)c2ccccc21. The lowest BCUT2D eigenvalue weighted by atomic mass is 9.74. The van der Waals surface area contributed by atoms with Crippen LogP contribution in [0.2, 0.25) is 0 Å². The van der Waals surface area contributed by atoms with E-state index in [1.165, 1.54) is 18.2 Å². The van der Waals surface area contributed by atoms with Crippen LogP contribution in [0, 0.1) is 0 Å². The van der Waals surface area contributed by atoms with Crippen LogP contribution in [0.15, 0.2) is 65.6 Å². The van der Waals surface area contributed by atoms with Crippen molar-refractivity contribution >= 4 is 29.2 Å². The average Bonchev–Trinajstić information content (AvgIpc) is 2.93. The zero-order valence-corrected chi connectivity index (χ0v) is 16.2. The maximum absolute atomic E-state index is 12.7. The lowest BCUT2D eigenvalue weighted by Gasteiger charge is -2.41. The van der Waals surface area contributed by atoms with Gasteiger partial charge in [0.05, 0.1) is 10.9 Å². The number of hydrogen-bond donors (Lipinski definition) is 2. The molecule has 0 fully saturated rings. The Balaban J connectivity index is 0.00000120. The van der Waals surface area contributed by atoms with Crippen molar-refractivity contribution in [2.24, 2.45) is 0 Å². The summed E-state index contributed by atoms with van der Waals surface area (Å²) in [5.74, 6) is -0.0997. The van der Waals surface area contributed by atoms with Crippen LogP contribution >= 0.6 is 23.2 Å². The second kappa shape index (κ2) is 6.96. The largest absolute Gasteiger partial charge is 0.511 e. The van der Waals surface area contributed by atoms with Crippen LogP contribution in [0.1, 0.15) is 21.5 Å². The molecule has 1 aliphatic carbocycles. The van der Waals surface area contributed by atoms with Gasteiger partial charge in [0.15, 0.2) is 5.60 Å². The van der Waals surface area contributed by atoms with Gasteiger partial charge in [-0.05, 0) is 18.2 Å². The summed E-state index contributed by atoms with van der Waals surface area (Å²) in [7, 11) is 0. The number of allylic oxidation sites excluding steroid dienone is 2. The Bertz CT molecular complexity index is 1080. The van der Waals surface area contributed by atoms with E-state index in [1.54, 1.807) is 30.3 Å². The number of aliphatic hydroxyl groups is 1. The average molecular weight is 439 g/mol. The molecule has 3 unspecified atom stereocenters. The number of ether oxygens (including phenoxy) is 2. The molecule has 9 heteroatoms. The number of aromatic hydroxyl groups is 1. The van der Waals surface area contributed by atoms with Crippen LogP contribution in [0.25, 0.3) is 0 Å².